The molecule has 0 aromatic heterocycles. The minimum Gasteiger partial charge on any atom is -0.337 e. The lowest BCUT2D eigenvalue weighted by atomic mass is 10.1. The number of hydrogen-bond acceptors (Lipinski definition) is 2. The second kappa shape index (κ2) is 4.71. The van der Waals surface area contributed by atoms with Crippen LogP contribution in [-0.4, -0.2) is 29.9 Å². The first-order chi connectivity index (χ1) is 7.59. The van der Waals surface area contributed by atoms with Gasteiger partial charge in [0.25, 0.3) is 5.91 Å². The first kappa shape index (κ1) is 11.9. The Hall–Kier alpha value is -0.620. The van der Waals surface area contributed by atoms with E-state index in [9.17, 15) is 4.79 Å². The Labute approximate surface area is 109 Å². The van der Waals surface area contributed by atoms with Crippen molar-refractivity contribution in [2.75, 3.05) is 13.1 Å². The second-order valence-corrected chi connectivity index (χ2v) is 5.37. The van der Waals surface area contributed by atoms with Crippen molar-refractivity contribution in [2.24, 2.45) is 5.73 Å². The molecule has 1 aliphatic rings. The number of nitrogens with two attached hydrogens (primary N) is 1. The van der Waals surface area contributed by atoms with Crippen LogP contribution in [0.1, 0.15) is 22.3 Å². The number of likely N-dealkylation sites (tertiary alicyclic amines) is 1. The number of nitrogens with zero attached hydrogens (tertiary/aromatic N) is 1. The van der Waals surface area contributed by atoms with Crippen molar-refractivity contribution in [3.8, 4) is 0 Å². The molecule has 1 saturated heterocycles. The average Bonchev–Trinajstić information content (AvgIpc) is 2.68. The van der Waals surface area contributed by atoms with Crippen LogP contribution in [0, 0.1) is 10.5 Å². The first-order valence-corrected chi connectivity index (χ1v) is 6.47. The van der Waals surface area contributed by atoms with Crippen LogP contribution in [0.4, 0.5) is 0 Å². The molecule has 3 nitrogen and oxygen atoms in total. The van der Waals surface area contributed by atoms with Crippen LogP contribution in [0.15, 0.2) is 18.2 Å². The Morgan fingerprint density at radius 1 is 1.56 bits per heavy atom. The molecule has 1 amide bonds. The molecule has 2 N–H and O–H groups in total. The summed E-state index contributed by atoms with van der Waals surface area (Å²) in [5, 5.41) is 0. The Morgan fingerprint density at radius 2 is 2.31 bits per heavy atom. The summed E-state index contributed by atoms with van der Waals surface area (Å²) in [7, 11) is 0. The van der Waals surface area contributed by atoms with E-state index in [-0.39, 0.29) is 11.9 Å². The van der Waals surface area contributed by atoms with Crippen molar-refractivity contribution in [1.82, 2.24) is 4.90 Å². The van der Waals surface area contributed by atoms with Crippen LogP contribution in [0.5, 0.6) is 0 Å². The Morgan fingerprint density at radius 3 is 2.94 bits per heavy atom. The molecule has 0 aliphatic carbocycles. The van der Waals surface area contributed by atoms with Gasteiger partial charge in [0, 0.05) is 28.3 Å². The SMILES string of the molecule is Cc1c(I)cccc1C(=O)N1CC[C@@H](N)C1. The lowest BCUT2D eigenvalue weighted by Crippen LogP contribution is -2.32. The van der Waals surface area contributed by atoms with Crippen molar-refractivity contribution >= 4 is 28.5 Å². The van der Waals surface area contributed by atoms with E-state index in [4.69, 9.17) is 5.73 Å². The largest absolute Gasteiger partial charge is 0.337 e. The van der Waals surface area contributed by atoms with Crippen LogP contribution in [0.25, 0.3) is 0 Å². The molecule has 1 fully saturated rings. The zero-order valence-electron chi connectivity index (χ0n) is 9.24. The van der Waals surface area contributed by atoms with Gasteiger partial charge in [0.15, 0.2) is 0 Å². The quantitative estimate of drug-likeness (QED) is 0.798. The van der Waals surface area contributed by atoms with E-state index in [1.165, 1.54) is 0 Å². The molecule has 0 saturated carbocycles. The molecule has 1 aliphatic heterocycles. The zero-order valence-corrected chi connectivity index (χ0v) is 11.4. The number of halogens is 1. The van der Waals surface area contributed by atoms with E-state index in [1.54, 1.807) is 0 Å². The Kier molecular flexibility index (Phi) is 3.49. The normalized spacial score (nSPS) is 20.2. The molecule has 0 bridgehead atoms. The van der Waals surface area contributed by atoms with Gasteiger partial charge >= 0.3 is 0 Å². The fourth-order valence-electron chi connectivity index (χ4n) is 1.98. The third-order valence-corrected chi connectivity index (χ3v) is 4.18. The van der Waals surface area contributed by atoms with Crippen LogP contribution in [0.3, 0.4) is 0 Å². The van der Waals surface area contributed by atoms with Crippen molar-refractivity contribution in [3.63, 3.8) is 0 Å². The fraction of sp³-hybridized carbons (Fsp3) is 0.417. The summed E-state index contributed by atoms with van der Waals surface area (Å²) in [6.07, 6.45) is 0.911. The number of carbonyl (C=O) groups excluding carboxylic acids is 1. The van der Waals surface area contributed by atoms with Crippen molar-refractivity contribution in [1.29, 1.82) is 0 Å². The predicted octanol–water partition coefficient (Wildman–Crippen LogP) is 1.77. The number of carbonyl (C=O) groups is 1. The standard InChI is InChI=1S/C12H15IN2O/c1-8-10(3-2-4-11(8)13)12(16)15-6-5-9(14)7-15/h2-4,9H,5-7,14H2,1H3/t9-/m1/s1. The van der Waals surface area contributed by atoms with Crippen LogP contribution < -0.4 is 5.73 Å². The van der Waals surface area contributed by atoms with Gasteiger partial charge in [0.2, 0.25) is 0 Å². The van der Waals surface area contributed by atoms with Gasteiger partial charge in [-0.1, -0.05) is 6.07 Å². The number of benzene rings is 1. The highest BCUT2D eigenvalue weighted by atomic mass is 127. The minimum absolute atomic E-state index is 0.115. The van der Waals surface area contributed by atoms with Crippen LogP contribution in [-0.2, 0) is 0 Å². The maximum atomic E-state index is 12.2. The monoisotopic (exact) mass is 330 g/mol. The summed E-state index contributed by atoms with van der Waals surface area (Å²) in [6.45, 7) is 3.46. The molecule has 2 rings (SSSR count). The number of hydrogen-bond donors (Lipinski definition) is 1. The van der Waals surface area contributed by atoms with Gasteiger partial charge in [0.1, 0.15) is 0 Å². The molecular weight excluding hydrogens is 315 g/mol. The fourth-order valence-corrected chi connectivity index (χ4v) is 2.48. The van der Waals surface area contributed by atoms with E-state index in [0.717, 1.165) is 27.7 Å². The summed E-state index contributed by atoms with van der Waals surface area (Å²) in [5.74, 6) is 0.115. The third-order valence-electron chi connectivity index (χ3n) is 3.01. The van der Waals surface area contributed by atoms with Crippen molar-refractivity contribution in [3.05, 3.63) is 32.9 Å². The number of rotatable bonds is 1. The maximum absolute atomic E-state index is 12.2. The lowest BCUT2D eigenvalue weighted by Gasteiger charge is -2.17. The second-order valence-electron chi connectivity index (χ2n) is 4.21. The highest BCUT2D eigenvalue weighted by molar-refractivity contribution is 14.1. The summed E-state index contributed by atoms with van der Waals surface area (Å²) in [4.78, 5) is 14.1. The molecular formula is C12H15IN2O. The maximum Gasteiger partial charge on any atom is 0.254 e. The zero-order chi connectivity index (χ0) is 11.7. The van der Waals surface area contributed by atoms with E-state index in [0.29, 0.717) is 6.54 Å². The summed E-state index contributed by atoms with van der Waals surface area (Å²) in [5.41, 5.74) is 7.68. The minimum atomic E-state index is 0.115. The average molecular weight is 330 g/mol. The Balaban J connectivity index is 2.24. The lowest BCUT2D eigenvalue weighted by molar-refractivity contribution is 0.0790. The van der Waals surface area contributed by atoms with Gasteiger partial charge in [0.05, 0.1) is 0 Å². The highest BCUT2D eigenvalue weighted by Crippen LogP contribution is 2.19. The molecule has 0 spiro atoms. The van der Waals surface area contributed by atoms with Gasteiger partial charge in [-0.2, -0.15) is 0 Å². The molecule has 4 heteroatoms. The topological polar surface area (TPSA) is 46.3 Å². The van der Waals surface area contributed by atoms with Gasteiger partial charge < -0.3 is 10.6 Å². The smallest absolute Gasteiger partial charge is 0.254 e. The highest BCUT2D eigenvalue weighted by Gasteiger charge is 2.25. The third kappa shape index (κ3) is 2.22. The van der Waals surface area contributed by atoms with Crippen LogP contribution in [0.2, 0.25) is 0 Å². The molecule has 0 unspecified atom stereocenters. The Bertz CT molecular complexity index is 419. The van der Waals surface area contributed by atoms with E-state index < -0.39 is 0 Å². The van der Waals surface area contributed by atoms with Gasteiger partial charge in [-0.15, -0.1) is 0 Å². The molecule has 1 heterocycles. The van der Waals surface area contributed by atoms with E-state index in [1.807, 2.05) is 30.0 Å². The summed E-state index contributed by atoms with van der Waals surface area (Å²) < 4.78 is 1.13. The predicted molar refractivity (Wildman–Crippen MR) is 72.4 cm³/mol. The van der Waals surface area contributed by atoms with Gasteiger partial charge in [-0.25, -0.2) is 0 Å². The molecule has 16 heavy (non-hydrogen) atoms. The van der Waals surface area contributed by atoms with Gasteiger partial charge in [-0.3, -0.25) is 4.79 Å². The molecule has 1 aromatic rings. The number of amides is 1. The van der Waals surface area contributed by atoms with Crippen molar-refractivity contribution < 1.29 is 4.79 Å². The molecule has 0 radical (unpaired) electrons. The summed E-state index contributed by atoms with van der Waals surface area (Å²) in [6, 6.07) is 5.98. The van der Waals surface area contributed by atoms with Crippen molar-refractivity contribution in [2.45, 2.75) is 19.4 Å². The van der Waals surface area contributed by atoms with Crippen LogP contribution >= 0.6 is 22.6 Å². The first-order valence-electron chi connectivity index (χ1n) is 5.39. The summed E-state index contributed by atoms with van der Waals surface area (Å²) >= 11 is 2.26. The van der Waals surface area contributed by atoms with E-state index >= 15 is 0 Å². The molecule has 1 atom stereocenters. The molecule has 1 aromatic carbocycles. The molecule has 86 valence electrons. The van der Waals surface area contributed by atoms with E-state index in [2.05, 4.69) is 22.6 Å². The van der Waals surface area contributed by atoms with Gasteiger partial charge in [-0.05, 0) is 53.6 Å².